The molecular weight excluding hydrogens is 371 g/mol. The Bertz CT molecular complexity index is 771. The van der Waals surface area contributed by atoms with Crippen molar-refractivity contribution in [2.45, 2.75) is 18.1 Å². The summed E-state index contributed by atoms with van der Waals surface area (Å²) in [7, 11) is 0. The first-order chi connectivity index (χ1) is 11.4. The molecule has 0 aliphatic heterocycles. The summed E-state index contributed by atoms with van der Waals surface area (Å²) in [4.78, 5) is 28.5. The van der Waals surface area contributed by atoms with Gasteiger partial charge in [-0.15, -0.1) is 11.8 Å². The predicted molar refractivity (Wildman–Crippen MR) is 96.0 cm³/mol. The minimum Gasteiger partial charge on any atom is -0.449 e. The molecule has 0 saturated heterocycles. The van der Waals surface area contributed by atoms with Crippen molar-refractivity contribution in [2.75, 3.05) is 11.6 Å². The van der Waals surface area contributed by atoms with Crippen LogP contribution in [-0.4, -0.2) is 29.2 Å². The molecule has 0 fully saturated rings. The number of pyridine rings is 1. The lowest BCUT2D eigenvalue weighted by Crippen LogP contribution is -2.30. The number of benzene rings is 1. The number of aromatic nitrogens is 1. The SMILES string of the molecule is CSc1ncccc1C(=O)O[C@H](C)C(=O)Nc1ccc(Cl)cc1Cl. The van der Waals surface area contributed by atoms with E-state index in [1.165, 1.54) is 24.8 Å². The van der Waals surface area contributed by atoms with Gasteiger partial charge in [0.15, 0.2) is 6.10 Å². The molecule has 0 aliphatic rings. The minimum atomic E-state index is -1.00. The Kier molecular flexibility index (Phi) is 6.48. The summed E-state index contributed by atoms with van der Waals surface area (Å²) in [6.07, 6.45) is 2.39. The van der Waals surface area contributed by atoms with Gasteiger partial charge in [-0.3, -0.25) is 4.79 Å². The van der Waals surface area contributed by atoms with E-state index in [4.69, 9.17) is 27.9 Å². The first kappa shape index (κ1) is 18.6. The average Bonchev–Trinajstić information content (AvgIpc) is 2.57. The van der Waals surface area contributed by atoms with E-state index in [1.54, 1.807) is 36.7 Å². The molecule has 0 bridgehead atoms. The third-order valence-electron chi connectivity index (χ3n) is 3.03. The summed E-state index contributed by atoms with van der Waals surface area (Å²) < 4.78 is 5.20. The van der Waals surface area contributed by atoms with Crippen LogP contribution in [0.3, 0.4) is 0 Å². The Balaban J connectivity index is 2.04. The molecule has 1 heterocycles. The molecule has 1 amide bonds. The third kappa shape index (κ3) is 4.63. The molecular formula is C16H14Cl2N2O3S. The highest BCUT2D eigenvalue weighted by atomic mass is 35.5. The number of halogens is 2. The van der Waals surface area contributed by atoms with Crippen molar-refractivity contribution >= 4 is 52.5 Å². The molecule has 24 heavy (non-hydrogen) atoms. The van der Waals surface area contributed by atoms with Gasteiger partial charge >= 0.3 is 5.97 Å². The van der Waals surface area contributed by atoms with Gasteiger partial charge in [0.2, 0.25) is 0 Å². The number of carbonyl (C=O) groups excluding carboxylic acids is 2. The van der Waals surface area contributed by atoms with Crippen LogP contribution in [0, 0.1) is 0 Å². The third-order valence-corrected chi connectivity index (χ3v) is 4.29. The average molecular weight is 385 g/mol. The van der Waals surface area contributed by atoms with Gasteiger partial charge in [0, 0.05) is 11.2 Å². The quantitative estimate of drug-likeness (QED) is 0.614. The molecule has 8 heteroatoms. The van der Waals surface area contributed by atoms with Crippen LogP contribution in [0.15, 0.2) is 41.6 Å². The number of thioether (sulfide) groups is 1. The molecule has 5 nitrogen and oxygen atoms in total. The summed E-state index contributed by atoms with van der Waals surface area (Å²) in [5.74, 6) is -1.11. The van der Waals surface area contributed by atoms with Crippen LogP contribution in [0.1, 0.15) is 17.3 Å². The van der Waals surface area contributed by atoms with E-state index in [0.717, 1.165) is 0 Å². The maximum Gasteiger partial charge on any atom is 0.341 e. The molecule has 0 spiro atoms. The molecule has 0 unspecified atom stereocenters. The number of esters is 1. The molecule has 0 radical (unpaired) electrons. The molecule has 2 aromatic rings. The Morgan fingerprint density at radius 1 is 1.29 bits per heavy atom. The number of nitrogens with one attached hydrogen (secondary N) is 1. The molecule has 1 aromatic heterocycles. The van der Waals surface area contributed by atoms with Crippen LogP contribution in [0.4, 0.5) is 5.69 Å². The van der Waals surface area contributed by atoms with Gasteiger partial charge in [0.1, 0.15) is 5.03 Å². The number of amides is 1. The highest BCUT2D eigenvalue weighted by molar-refractivity contribution is 7.98. The summed E-state index contributed by atoms with van der Waals surface area (Å²) in [6.45, 7) is 1.48. The molecule has 1 atom stereocenters. The lowest BCUT2D eigenvalue weighted by molar-refractivity contribution is -0.123. The van der Waals surface area contributed by atoms with Crippen molar-refractivity contribution in [1.82, 2.24) is 4.98 Å². The van der Waals surface area contributed by atoms with Gasteiger partial charge in [-0.2, -0.15) is 0 Å². The monoisotopic (exact) mass is 384 g/mol. The standard InChI is InChI=1S/C16H14Cl2N2O3S/c1-9(14(21)20-13-6-5-10(17)8-12(13)18)23-16(22)11-4-3-7-19-15(11)24-2/h3-9H,1-2H3,(H,20,21)/t9-/m1/s1. The van der Waals surface area contributed by atoms with E-state index >= 15 is 0 Å². The molecule has 2 rings (SSSR count). The van der Waals surface area contributed by atoms with Gasteiger partial charge in [0.05, 0.1) is 16.3 Å². The van der Waals surface area contributed by atoms with Gasteiger partial charge in [-0.25, -0.2) is 9.78 Å². The second-order valence-electron chi connectivity index (χ2n) is 4.72. The highest BCUT2D eigenvalue weighted by Crippen LogP contribution is 2.25. The van der Waals surface area contributed by atoms with Crippen LogP contribution in [0.25, 0.3) is 0 Å². The van der Waals surface area contributed by atoms with E-state index in [1.807, 2.05) is 0 Å². The topological polar surface area (TPSA) is 68.3 Å². The van der Waals surface area contributed by atoms with Crippen LogP contribution in [0.5, 0.6) is 0 Å². The second kappa shape index (κ2) is 8.37. The maximum absolute atomic E-state index is 12.2. The molecule has 1 N–H and O–H groups in total. The Hall–Kier alpha value is -1.76. The summed E-state index contributed by atoms with van der Waals surface area (Å²) in [5, 5.41) is 3.89. The van der Waals surface area contributed by atoms with Crippen molar-refractivity contribution < 1.29 is 14.3 Å². The fourth-order valence-electron chi connectivity index (χ4n) is 1.81. The van der Waals surface area contributed by atoms with E-state index in [0.29, 0.717) is 26.3 Å². The number of carbonyl (C=O) groups is 2. The summed E-state index contributed by atoms with van der Waals surface area (Å²) in [5.41, 5.74) is 0.703. The normalized spacial score (nSPS) is 11.7. The Morgan fingerprint density at radius 2 is 2.04 bits per heavy atom. The fraction of sp³-hybridized carbons (Fsp3) is 0.188. The van der Waals surface area contributed by atoms with Gasteiger partial charge < -0.3 is 10.1 Å². The molecule has 1 aromatic carbocycles. The number of hydrogen-bond donors (Lipinski definition) is 1. The summed E-state index contributed by atoms with van der Waals surface area (Å²) >= 11 is 13.1. The molecule has 0 saturated carbocycles. The van der Waals surface area contributed by atoms with E-state index in [9.17, 15) is 9.59 Å². The Morgan fingerprint density at radius 3 is 2.71 bits per heavy atom. The first-order valence-corrected chi connectivity index (χ1v) is 8.86. The fourth-order valence-corrected chi connectivity index (χ4v) is 2.80. The van der Waals surface area contributed by atoms with E-state index in [2.05, 4.69) is 10.3 Å². The number of rotatable bonds is 5. The van der Waals surface area contributed by atoms with Crippen LogP contribution >= 0.6 is 35.0 Å². The first-order valence-electron chi connectivity index (χ1n) is 6.88. The van der Waals surface area contributed by atoms with Gasteiger partial charge in [-0.1, -0.05) is 23.2 Å². The van der Waals surface area contributed by atoms with E-state index in [-0.39, 0.29) is 0 Å². The number of hydrogen-bond acceptors (Lipinski definition) is 5. The largest absolute Gasteiger partial charge is 0.449 e. The van der Waals surface area contributed by atoms with Crippen molar-refractivity contribution in [3.05, 3.63) is 52.1 Å². The smallest absolute Gasteiger partial charge is 0.341 e. The Labute approximate surface area is 153 Å². The number of nitrogens with zero attached hydrogens (tertiary/aromatic N) is 1. The van der Waals surface area contributed by atoms with Gasteiger partial charge in [0.25, 0.3) is 5.91 Å². The zero-order chi connectivity index (χ0) is 17.7. The predicted octanol–water partition coefficient (Wildman–Crippen LogP) is 4.29. The lowest BCUT2D eigenvalue weighted by atomic mass is 10.2. The zero-order valence-corrected chi connectivity index (χ0v) is 15.2. The van der Waals surface area contributed by atoms with Crippen molar-refractivity contribution in [1.29, 1.82) is 0 Å². The zero-order valence-electron chi connectivity index (χ0n) is 12.9. The lowest BCUT2D eigenvalue weighted by Gasteiger charge is -2.15. The molecule has 0 aliphatic carbocycles. The van der Waals surface area contributed by atoms with Gasteiger partial charge in [-0.05, 0) is 43.5 Å². The molecule has 126 valence electrons. The van der Waals surface area contributed by atoms with Crippen LogP contribution in [-0.2, 0) is 9.53 Å². The van der Waals surface area contributed by atoms with Crippen molar-refractivity contribution in [3.8, 4) is 0 Å². The minimum absolute atomic E-state index is 0.298. The van der Waals surface area contributed by atoms with Crippen LogP contribution in [0.2, 0.25) is 10.0 Å². The van der Waals surface area contributed by atoms with Crippen molar-refractivity contribution in [3.63, 3.8) is 0 Å². The number of ether oxygens (including phenoxy) is 1. The number of anilines is 1. The van der Waals surface area contributed by atoms with Crippen molar-refractivity contribution in [2.24, 2.45) is 0 Å². The summed E-state index contributed by atoms with van der Waals surface area (Å²) in [6, 6.07) is 7.91. The highest BCUT2D eigenvalue weighted by Gasteiger charge is 2.21. The van der Waals surface area contributed by atoms with E-state index < -0.39 is 18.0 Å². The second-order valence-corrected chi connectivity index (χ2v) is 6.36. The maximum atomic E-state index is 12.2. The van der Waals surface area contributed by atoms with Crippen LogP contribution < -0.4 is 5.32 Å².